The SMILES string of the molecule is OCCCCNCC(O)COCc1ccco1. The normalized spacial score (nSPS) is 12.8. The number of aliphatic hydroxyl groups is 2. The standard InChI is InChI=1S/C12H21NO4/c14-6-2-1-5-13-8-11(15)9-16-10-12-4-3-7-17-12/h3-4,7,11,13-15H,1-2,5-6,8-10H2. The lowest BCUT2D eigenvalue weighted by molar-refractivity contribution is 0.0227. The molecule has 3 N–H and O–H groups in total. The molecule has 0 saturated heterocycles. The Morgan fingerprint density at radius 2 is 2.29 bits per heavy atom. The van der Waals surface area contributed by atoms with Crippen molar-refractivity contribution < 1.29 is 19.4 Å². The Labute approximate surface area is 101 Å². The third-order valence-electron chi connectivity index (χ3n) is 2.28. The molecule has 0 aliphatic carbocycles. The van der Waals surface area contributed by atoms with Crippen molar-refractivity contribution in [2.24, 2.45) is 0 Å². The second kappa shape index (κ2) is 9.18. The first kappa shape index (κ1) is 14.2. The Morgan fingerprint density at radius 3 is 3.00 bits per heavy atom. The molecule has 0 bridgehead atoms. The van der Waals surface area contributed by atoms with E-state index < -0.39 is 6.10 Å². The molecule has 5 nitrogen and oxygen atoms in total. The Kier molecular flexibility index (Phi) is 7.66. The summed E-state index contributed by atoms with van der Waals surface area (Å²) in [6.45, 7) is 2.19. The fourth-order valence-electron chi connectivity index (χ4n) is 1.38. The van der Waals surface area contributed by atoms with Crippen LogP contribution in [0.1, 0.15) is 18.6 Å². The van der Waals surface area contributed by atoms with Gasteiger partial charge in [-0.1, -0.05) is 0 Å². The van der Waals surface area contributed by atoms with Crippen molar-refractivity contribution >= 4 is 0 Å². The highest BCUT2D eigenvalue weighted by Gasteiger charge is 2.04. The van der Waals surface area contributed by atoms with Crippen molar-refractivity contribution in [2.45, 2.75) is 25.6 Å². The summed E-state index contributed by atoms with van der Waals surface area (Å²) in [5.74, 6) is 0.758. The van der Waals surface area contributed by atoms with Crippen LogP contribution in [-0.2, 0) is 11.3 Å². The Balaban J connectivity index is 1.92. The quantitative estimate of drug-likeness (QED) is 0.522. The smallest absolute Gasteiger partial charge is 0.129 e. The van der Waals surface area contributed by atoms with E-state index >= 15 is 0 Å². The predicted molar refractivity (Wildman–Crippen MR) is 63.6 cm³/mol. The lowest BCUT2D eigenvalue weighted by Gasteiger charge is -2.11. The third kappa shape index (κ3) is 7.12. The van der Waals surface area contributed by atoms with Crippen molar-refractivity contribution in [2.75, 3.05) is 26.3 Å². The maximum absolute atomic E-state index is 9.57. The maximum atomic E-state index is 9.57. The van der Waals surface area contributed by atoms with E-state index in [9.17, 15) is 5.11 Å². The second-order valence-corrected chi connectivity index (χ2v) is 3.88. The average Bonchev–Trinajstić information content (AvgIpc) is 2.82. The van der Waals surface area contributed by atoms with Crippen LogP contribution in [0.5, 0.6) is 0 Å². The number of ether oxygens (including phenoxy) is 1. The zero-order valence-corrected chi connectivity index (χ0v) is 9.97. The van der Waals surface area contributed by atoms with Gasteiger partial charge in [0.2, 0.25) is 0 Å². The molecular weight excluding hydrogens is 222 g/mol. The topological polar surface area (TPSA) is 74.9 Å². The van der Waals surface area contributed by atoms with Gasteiger partial charge in [-0.05, 0) is 31.5 Å². The van der Waals surface area contributed by atoms with E-state index in [1.54, 1.807) is 12.3 Å². The van der Waals surface area contributed by atoms with Gasteiger partial charge in [-0.3, -0.25) is 0 Å². The molecule has 17 heavy (non-hydrogen) atoms. The molecule has 0 fully saturated rings. The van der Waals surface area contributed by atoms with Crippen molar-refractivity contribution in [3.63, 3.8) is 0 Å². The molecule has 0 amide bonds. The highest BCUT2D eigenvalue weighted by atomic mass is 16.5. The Hall–Kier alpha value is -0.880. The number of rotatable bonds is 10. The average molecular weight is 243 g/mol. The molecule has 0 aliphatic rings. The lowest BCUT2D eigenvalue weighted by Crippen LogP contribution is -2.31. The van der Waals surface area contributed by atoms with Gasteiger partial charge in [0.15, 0.2) is 0 Å². The number of aliphatic hydroxyl groups excluding tert-OH is 2. The molecule has 1 rings (SSSR count). The molecule has 0 spiro atoms. The molecule has 0 radical (unpaired) electrons. The van der Waals surface area contributed by atoms with E-state index in [4.69, 9.17) is 14.3 Å². The molecule has 0 aromatic carbocycles. The molecule has 98 valence electrons. The van der Waals surface area contributed by atoms with Gasteiger partial charge >= 0.3 is 0 Å². The van der Waals surface area contributed by atoms with Crippen LogP contribution in [0.25, 0.3) is 0 Å². The molecule has 1 aromatic heterocycles. The minimum absolute atomic E-state index is 0.219. The summed E-state index contributed by atoms with van der Waals surface area (Å²) in [4.78, 5) is 0. The molecule has 1 atom stereocenters. The zero-order chi connectivity index (χ0) is 12.3. The summed E-state index contributed by atoms with van der Waals surface area (Å²) < 4.78 is 10.4. The number of furan rings is 1. The van der Waals surface area contributed by atoms with E-state index in [1.807, 2.05) is 6.07 Å². The van der Waals surface area contributed by atoms with Crippen LogP contribution in [0, 0.1) is 0 Å². The minimum atomic E-state index is -0.515. The molecular formula is C12H21NO4. The third-order valence-corrected chi connectivity index (χ3v) is 2.28. The molecule has 0 saturated carbocycles. The van der Waals surface area contributed by atoms with Gasteiger partial charge in [0.25, 0.3) is 0 Å². The van der Waals surface area contributed by atoms with E-state index in [-0.39, 0.29) is 13.2 Å². The highest BCUT2D eigenvalue weighted by Crippen LogP contribution is 2.01. The number of hydrogen-bond acceptors (Lipinski definition) is 5. The molecule has 1 heterocycles. The fourth-order valence-corrected chi connectivity index (χ4v) is 1.38. The monoisotopic (exact) mass is 243 g/mol. The summed E-state index contributed by atoms with van der Waals surface area (Å²) in [5.41, 5.74) is 0. The van der Waals surface area contributed by atoms with Gasteiger partial charge < -0.3 is 24.7 Å². The Morgan fingerprint density at radius 1 is 1.41 bits per heavy atom. The van der Waals surface area contributed by atoms with Crippen molar-refractivity contribution in [3.8, 4) is 0 Å². The summed E-state index contributed by atoms with van der Waals surface area (Å²) in [7, 11) is 0. The first-order chi connectivity index (χ1) is 8.33. The van der Waals surface area contributed by atoms with Crippen LogP contribution < -0.4 is 5.32 Å². The van der Waals surface area contributed by atoms with Crippen molar-refractivity contribution in [1.29, 1.82) is 0 Å². The predicted octanol–water partition coefficient (Wildman–Crippen LogP) is 0.519. The number of hydrogen-bond donors (Lipinski definition) is 3. The van der Waals surface area contributed by atoms with Gasteiger partial charge in [0.05, 0.1) is 19.0 Å². The largest absolute Gasteiger partial charge is 0.467 e. The van der Waals surface area contributed by atoms with Crippen LogP contribution >= 0.6 is 0 Å². The molecule has 1 aromatic rings. The van der Waals surface area contributed by atoms with E-state index in [0.717, 1.165) is 25.1 Å². The van der Waals surface area contributed by atoms with Gasteiger partial charge in [-0.15, -0.1) is 0 Å². The van der Waals surface area contributed by atoms with Crippen LogP contribution in [0.4, 0.5) is 0 Å². The first-order valence-corrected chi connectivity index (χ1v) is 5.92. The molecule has 5 heteroatoms. The van der Waals surface area contributed by atoms with Crippen LogP contribution in [0.2, 0.25) is 0 Å². The molecule has 1 unspecified atom stereocenters. The second-order valence-electron chi connectivity index (χ2n) is 3.88. The van der Waals surface area contributed by atoms with Gasteiger partial charge in [-0.25, -0.2) is 0 Å². The first-order valence-electron chi connectivity index (χ1n) is 5.92. The van der Waals surface area contributed by atoms with Crippen LogP contribution in [-0.4, -0.2) is 42.6 Å². The van der Waals surface area contributed by atoms with Crippen LogP contribution in [0.15, 0.2) is 22.8 Å². The molecule has 0 aliphatic heterocycles. The highest BCUT2D eigenvalue weighted by molar-refractivity contribution is 4.96. The zero-order valence-electron chi connectivity index (χ0n) is 9.97. The fraction of sp³-hybridized carbons (Fsp3) is 0.667. The van der Waals surface area contributed by atoms with Crippen molar-refractivity contribution in [1.82, 2.24) is 5.32 Å². The van der Waals surface area contributed by atoms with Gasteiger partial charge in [0, 0.05) is 13.2 Å². The summed E-state index contributed by atoms with van der Waals surface area (Å²) in [6, 6.07) is 3.64. The Bertz CT molecular complexity index is 263. The van der Waals surface area contributed by atoms with E-state index in [2.05, 4.69) is 5.32 Å². The van der Waals surface area contributed by atoms with E-state index in [1.165, 1.54) is 0 Å². The van der Waals surface area contributed by atoms with Crippen molar-refractivity contribution in [3.05, 3.63) is 24.2 Å². The lowest BCUT2D eigenvalue weighted by atomic mass is 10.3. The number of unbranched alkanes of at least 4 members (excludes halogenated alkanes) is 1. The number of nitrogens with one attached hydrogen (secondary N) is 1. The van der Waals surface area contributed by atoms with Gasteiger partial charge in [-0.2, -0.15) is 0 Å². The summed E-state index contributed by atoms with van der Waals surface area (Å²) in [6.07, 6.45) is 2.78. The van der Waals surface area contributed by atoms with Gasteiger partial charge in [0.1, 0.15) is 12.4 Å². The van der Waals surface area contributed by atoms with E-state index in [0.29, 0.717) is 13.2 Å². The minimum Gasteiger partial charge on any atom is -0.467 e. The summed E-state index contributed by atoms with van der Waals surface area (Å²) in [5, 5.41) is 21.2. The maximum Gasteiger partial charge on any atom is 0.129 e. The summed E-state index contributed by atoms with van der Waals surface area (Å²) >= 11 is 0. The van der Waals surface area contributed by atoms with Crippen LogP contribution in [0.3, 0.4) is 0 Å².